The summed E-state index contributed by atoms with van der Waals surface area (Å²) in [5, 5.41) is 2.87. The van der Waals surface area contributed by atoms with E-state index in [2.05, 4.69) is 22.2 Å². The molecule has 1 N–H and O–H groups in total. The van der Waals surface area contributed by atoms with Gasteiger partial charge in [-0.05, 0) is 37.4 Å². The molecule has 1 aromatic heterocycles. The van der Waals surface area contributed by atoms with Gasteiger partial charge in [-0.3, -0.25) is 4.79 Å². The van der Waals surface area contributed by atoms with E-state index < -0.39 is 0 Å². The van der Waals surface area contributed by atoms with Gasteiger partial charge in [0.2, 0.25) is 5.28 Å². The molecule has 0 bridgehead atoms. The molecule has 19 heavy (non-hydrogen) atoms. The normalized spacial score (nSPS) is 10.5. The summed E-state index contributed by atoms with van der Waals surface area (Å²) < 4.78 is 5.40. The molecule has 0 unspecified atom stereocenters. The summed E-state index contributed by atoms with van der Waals surface area (Å²) in [6.07, 6.45) is 2.99. The Hall–Kier alpha value is -1.20. The molecule has 0 aliphatic carbocycles. The maximum absolute atomic E-state index is 11.8. The van der Waals surface area contributed by atoms with E-state index in [1.54, 1.807) is 13.0 Å². The van der Waals surface area contributed by atoms with Crippen molar-refractivity contribution >= 4 is 17.5 Å². The molecule has 0 spiro atoms. The predicted molar refractivity (Wildman–Crippen MR) is 74.5 cm³/mol. The zero-order valence-electron chi connectivity index (χ0n) is 11.4. The van der Waals surface area contributed by atoms with Crippen molar-refractivity contribution in [3.8, 4) is 0 Å². The van der Waals surface area contributed by atoms with Crippen molar-refractivity contribution in [3.05, 3.63) is 22.7 Å². The summed E-state index contributed by atoms with van der Waals surface area (Å²) in [7, 11) is 0. The maximum Gasteiger partial charge on any atom is 0.270 e. The van der Waals surface area contributed by atoms with Crippen LogP contribution in [0.1, 0.15) is 42.4 Å². The van der Waals surface area contributed by atoms with Crippen LogP contribution in [-0.2, 0) is 4.74 Å². The van der Waals surface area contributed by atoms with E-state index in [-0.39, 0.29) is 11.2 Å². The third-order valence-electron chi connectivity index (χ3n) is 2.45. The number of ether oxygens (including phenoxy) is 1. The van der Waals surface area contributed by atoms with Crippen molar-refractivity contribution in [1.29, 1.82) is 0 Å². The van der Waals surface area contributed by atoms with Crippen LogP contribution in [0.4, 0.5) is 0 Å². The van der Waals surface area contributed by atoms with Crippen LogP contribution in [0.5, 0.6) is 0 Å². The first kappa shape index (κ1) is 15.9. The molecule has 0 atom stereocenters. The van der Waals surface area contributed by atoms with Crippen molar-refractivity contribution in [2.75, 3.05) is 19.8 Å². The molecule has 1 amide bonds. The molecule has 1 rings (SSSR count). The molecule has 0 radical (unpaired) electrons. The van der Waals surface area contributed by atoms with Gasteiger partial charge in [0, 0.05) is 25.5 Å². The largest absolute Gasteiger partial charge is 0.381 e. The quantitative estimate of drug-likeness (QED) is 0.588. The zero-order valence-corrected chi connectivity index (χ0v) is 12.2. The van der Waals surface area contributed by atoms with Gasteiger partial charge in [0.25, 0.3) is 5.91 Å². The monoisotopic (exact) mass is 285 g/mol. The van der Waals surface area contributed by atoms with E-state index in [1.165, 1.54) is 0 Å². The van der Waals surface area contributed by atoms with E-state index in [4.69, 9.17) is 16.3 Å². The van der Waals surface area contributed by atoms with Crippen LogP contribution in [-0.4, -0.2) is 35.6 Å². The summed E-state index contributed by atoms with van der Waals surface area (Å²) in [6.45, 7) is 5.89. The number of nitrogens with zero attached hydrogens (tertiary/aromatic N) is 2. The third kappa shape index (κ3) is 6.50. The number of carbonyl (C=O) groups excluding carboxylic acids is 1. The molecule has 0 aliphatic rings. The Morgan fingerprint density at radius 3 is 2.79 bits per heavy atom. The number of rotatable bonds is 8. The minimum absolute atomic E-state index is 0.0908. The Bertz CT molecular complexity index is 393. The van der Waals surface area contributed by atoms with Crippen molar-refractivity contribution in [3.63, 3.8) is 0 Å². The summed E-state index contributed by atoms with van der Waals surface area (Å²) in [5.41, 5.74) is 0.970. The van der Waals surface area contributed by atoms with Gasteiger partial charge in [-0.2, -0.15) is 0 Å². The van der Waals surface area contributed by atoms with Crippen LogP contribution in [0.15, 0.2) is 6.07 Å². The summed E-state index contributed by atoms with van der Waals surface area (Å²) in [5.74, 6) is -0.235. The highest BCUT2D eigenvalue weighted by molar-refractivity contribution is 6.28. The Morgan fingerprint density at radius 1 is 1.37 bits per heavy atom. The number of carbonyl (C=O) groups is 1. The van der Waals surface area contributed by atoms with Crippen LogP contribution in [0, 0.1) is 6.92 Å². The van der Waals surface area contributed by atoms with E-state index in [0.29, 0.717) is 24.5 Å². The number of hydrogen-bond donors (Lipinski definition) is 1. The lowest BCUT2D eigenvalue weighted by molar-refractivity contribution is 0.0935. The van der Waals surface area contributed by atoms with Crippen LogP contribution >= 0.6 is 11.6 Å². The van der Waals surface area contributed by atoms with Crippen LogP contribution in [0.2, 0.25) is 5.28 Å². The van der Waals surface area contributed by atoms with Crippen molar-refractivity contribution < 1.29 is 9.53 Å². The van der Waals surface area contributed by atoms with Gasteiger partial charge in [-0.1, -0.05) is 13.3 Å². The number of amides is 1. The SMILES string of the molecule is CCCCOCCCNC(=O)c1cc(C)nc(Cl)n1. The highest BCUT2D eigenvalue weighted by Crippen LogP contribution is 2.05. The summed E-state index contributed by atoms with van der Waals surface area (Å²) in [6, 6.07) is 1.61. The Balaban J connectivity index is 2.24. The Kier molecular flexibility index (Phi) is 7.36. The minimum atomic E-state index is -0.235. The van der Waals surface area contributed by atoms with Gasteiger partial charge < -0.3 is 10.1 Å². The molecule has 0 saturated heterocycles. The minimum Gasteiger partial charge on any atom is -0.381 e. The van der Waals surface area contributed by atoms with Crippen LogP contribution < -0.4 is 5.32 Å². The first-order chi connectivity index (χ1) is 9.13. The Morgan fingerprint density at radius 2 is 2.11 bits per heavy atom. The fraction of sp³-hybridized carbons (Fsp3) is 0.615. The van der Waals surface area contributed by atoms with E-state index in [0.717, 1.165) is 25.9 Å². The van der Waals surface area contributed by atoms with E-state index in [1.807, 2.05) is 0 Å². The van der Waals surface area contributed by atoms with Gasteiger partial charge in [-0.25, -0.2) is 9.97 Å². The average Bonchev–Trinajstić information content (AvgIpc) is 2.36. The average molecular weight is 286 g/mol. The summed E-state index contributed by atoms with van der Waals surface area (Å²) >= 11 is 5.70. The zero-order chi connectivity index (χ0) is 14.1. The second-order valence-corrected chi connectivity index (χ2v) is 4.58. The number of aromatic nitrogens is 2. The Labute approximate surface area is 118 Å². The second-order valence-electron chi connectivity index (χ2n) is 4.24. The lowest BCUT2D eigenvalue weighted by Crippen LogP contribution is -2.26. The van der Waals surface area contributed by atoms with Crippen molar-refractivity contribution in [1.82, 2.24) is 15.3 Å². The highest BCUT2D eigenvalue weighted by Gasteiger charge is 2.08. The first-order valence-electron chi connectivity index (χ1n) is 6.50. The smallest absolute Gasteiger partial charge is 0.270 e. The van der Waals surface area contributed by atoms with Crippen molar-refractivity contribution in [2.24, 2.45) is 0 Å². The lowest BCUT2D eigenvalue weighted by atomic mass is 10.3. The first-order valence-corrected chi connectivity index (χ1v) is 6.88. The molecule has 6 heteroatoms. The number of halogens is 1. The molecule has 0 fully saturated rings. The maximum atomic E-state index is 11.8. The molecule has 5 nitrogen and oxygen atoms in total. The van der Waals surface area contributed by atoms with E-state index >= 15 is 0 Å². The molecule has 0 saturated carbocycles. The van der Waals surface area contributed by atoms with Gasteiger partial charge in [0.1, 0.15) is 5.69 Å². The standard InChI is InChI=1S/C13H20ClN3O2/c1-3-4-7-19-8-5-6-15-12(18)11-9-10(2)16-13(14)17-11/h9H,3-8H2,1-2H3,(H,15,18). The molecule has 106 valence electrons. The number of unbranched alkanes of at least 4 members (excludes halogenated alkanes) is 1. The molecule has 1 aromatic rings. The molecule has 0 aliphatic heterocycles. The van der Waals surface area contributed by atoms with Crippen LogP contribution in [0.3, 0.4) is 0 Å². The van der Waals surface area contributed by atoms with E-state index in [9.17, 15) is 4.79 Å². The topological polar surface area (TPSA) is 64.1 Å². The van der Waals surface area contributed by atoms with Crippen LogP contribution in [0.25, 0.3) is 0 Å². The van der Waals surface area contributed by atoms with Gasteiger partial charge in [0.05, 0.1) is 0 Å². The number of hydrogen-bond acceptors (Lipinski definition) is 4. The molecular formula is C13H20ClN3O2. The number of nitrogens with one attached hydrogen (secondary N) is 1. The fourth-order valence-electron chi connectivity index (χ4n) is 1.46. The third-order valence-corrected chi connectivity index (χ3v) is 2.62. The molecule has 0 aromatic carbocycles. The van der Waals surface area contributed by atoms with Gasteiger partial charge in [-0.15, -0.1) is 0 Å². The second kappa shape index (κ2) is 8.82. The number of aryl methyl sites for hydroxylation is 1. The summed E-state index contributed by atoms with van der Waals surface area (Å²) in [4.78, 5) is 19.6. The fourth-order valence-corrected chi connectivity index (χ4v) is 1.69. The molecular weight excluding hydrogens is 266 g/mol. The van der Waals surface area contributed by atoms with Gasteiger partial charge >= 0.3 is 0 Å². The lowest BCUT2D eigenvalue weighted by Gasteiger charge is -2.06. The molecule has 1 heterocycles. The van der Waals surface area contributed by atoms with Gasteiger partial charge in [0.15, 0.2) is 0 Å². The predicted octanol–water partition coefficient (Wildman–Crippen LogP) is 2.38. The highest BCUT2D eigenvalue weighted by atomic mass is 35.5. The van der Waals surface area contributed by atoms with Crippen molar-refractivity contribution in [2.45, 2.75) is 33.1 Å².